The zero-order valence-electron chi connectivity index (χ0n) is 6.26. The topological polar surface area (TPSA) is 0 Å². The summed E-state index contributed by atoms with van der Waals surface area (Å²) in [7, 11) is 0. The molecular weight excluding hydrogens is 200 g/mol. The lowest BCUT2D eigenvalue weighted by Crippen LogP contribution is -1.84. The van der Waals surface area contributed by atoms with Gasteiger partial charge in [-0.2, -0.15) is 0 Å². The van der Waals surface area contributed by atoms with Crippen molar-refractivity contribution in [1.29, 1.82) is 0 Å². The molecule has 0 bridgehead atoms. The van der Waals surface area contributed by atoms with Crippen molar-refractivity contribution in [3.63, 3.8) is 0 Å². The second kappa shape index (κ2) is 4.55. The first-order chi connectivity index (χ1) is 4.70. The lowest BCUT2D eigenvalue weighted by atomic mass is 10.0. The van der Waals surface area contributed by atoms with Crippen molar-refractivity contribution in [3.8, 4) is 0 Å². The minimum atomic E-state index is 0. The smallest absolute Gasteiger partial charge is 0.0175 e. The molecule has 0 nitrogen and oxygen atoms in total. The zero-order valence-corrected chi connectivity index (χ0v) is 7.85. The number of hydrogen-bond donors (Lipinski definition) is 0. The highest BCUT2D eigenvalue weighted by molar-refractivity contribution is 9.10. The van der Waals surface area contributed by atoms with Gasteiger partial charge in [-0.15, -0.1) is 0 Å². The normalized spacial score (nSPS) is 9.45. The number of halogens is 1. The van der Waals surface area contributed by atoms with Gasteiger partial charge in [0, 0.05) is 4.47 Å². The van der Waals surface area contributed by atoms with Crippen molar-refractivity contribution < 1.29 is 0 Å². The lowest BCUT2D eigenvalue weighted by molar-refractivity contribution is 0.866. The van der Waals surface area contributed by atoms with Crippen LogP contribution in [0.3, 0.4) is 0 Å². The van der Waals surface area contributed by atoms with Gasteiger partial charge in [-0.25, -0.2) is 0 Å². The van der Waals surface area contributed by atoms with Crippen molar-refractivity contribution in [3.05, 3.63) is 34.3 Å². The first kappa shape index (κ1) is 10.7. The molecule has 0 radical (unpaired) electrons. The molecule has 0 aliphatic carbocycles. The molecule has 0 saturated heterocycles. The zero-order chi connectivity index (χ0) is 7.56. The first-order valence-corrected chi connectivity index (χ1v) is 4.25. The third-order valence-corrected chi connectivity index (χ3v) is 2.07. The van der Waals surface area contributed by atoms with Crippen molar-refractivity contribution in [2.45, 2.75) is 27.2 Å². The van der Waals surface area contributed by atoms with Crippen LogP contribution in [0.2, 0.25) is 0 Å². The van der Waals surface area contributed by atoms with E-state index in [2.05, 4.69) is 54.0 Å². The van der Waals surface area contributed by atoms with Crippen LogP contribution < -0.4 is 0 Å². The van der Waals surface area contributed by atoms with Crippen LogP contribution in [0.4, 0.5) is 0 Å². The summed E-state index contributed by atoms with van der Waals surface area (Å²) in [5, 5.41) is 0. The molecule has 0 aromatic heterocycles. The summed E-state index contributed by atoms with van der Waals surface area (Å²) in [5.41, 5.74) is 1.39. The maximum absolute atomic E-state index is 3.39. The standard InChI is InChI=1S/C9H11Br.CH4/c1-7(2)8-3-5-9(10)6-4-8;/h3-7H,1-2H3;1H4. The maximum Gasteiger partial charge on any atom is 0.0175 e. The highest BCUT2D eigenvalue weighted by atomic mass is 79.9. The predicted molar refractivity (Wildman–Crippen MR) is 55.0 cm³/mol. The Balaban J connectivity index is 0.000001000. The van der Waals surface area contributed by atoms with Crippen LogP contribution in [0.15, 0.2) is 28.7 Å². The second-order valence-corrected chi connectivity index (χ2v) is 3.62. The average molecular weight is 215 g/mol. The van der Waals surface area contributed by atoms with E-state index in [4.69, 9.17) is 0 Å². The molecule has 0 fully saturated rings. The van der Waals surface area contributed by atoms with Gasteiger partial charge in [0.05, 0.1) is 0 Å². The lowest BCUT2D eigenvalue weighted by Gasteiger charge is -2.03. The Kier molecular flexibility index (Phi) is 4.43. The Bertz CT molecular complexity index is 199. The fraction of sp³-hybridized carbons (Fsp3) is 0.400. The monoisotopic (exact) mass is 214 g/mol. The highest BCUT2D eigenvalue weighted by Crippen LogP contribution is 2.16. The Morgan fingerprint density at radius 3 is 1.91 bits per heavy atom. The Morgan fingerprint density at radius 1 is 1.09 bits per heavy atom. The van der Waals surface area contributed by atoms with Gasteiger partial charge in [0.2, 0.25) is 0 Å². The van der Waals surface area contributed by atoms with E-state index >= 15 is 0 Å². The quantitative estimate of drug-likeness (QED) is 0.658. The Labute approximate surface area is 77.8 Å². The number of hydrogen-bond acceptors (Lipinski definition) is 0. The van der Waals surface area contributed by atoms with E-state index in [-0.39, 0.29) is 7.43 Å². The first-order valence-electron chi connectivity index (χ1n) is 3.45. The third-order valence-electron chi connectivity index (χ3n) is 1.54. The van der Waals surface area contributed by atoms with Crippen molar-refractivity contribution in [2.24, 2.45) is 0 Å². The SMILES string of the molecule is C.CC(C)c1ccc(Br)cc1. The van der Waals surface area contributed by atoms with Crippen LogP contribution in [-0.4, -0.2) is 0 Å². The fourth-order valence-corrected chi connectivity index (χ4v) is 1.11. The molecule has 0 amide bonds. The minimum Gasteiger partial charge on any atom is -0.0776 e. The Morgan fingerprint density at radius 2 is 1.55 bits per heavy atom. The summed E-state index contributed by atoms with van der Waals surface area (Å²) in [5.74, 6) is 0.632. The molecule has 0 spiro atoms. The van der Waals surface area contributed by atoms with Crippen LogP contribution in [0.5, 0.6) is 0 Å². The van der Waals surface area contributed by atoms with Gasteiger partial charge in [-0.1, -0.05) is 49.3 Å². The molecule has 1 heteroatoms. The van der Waals surface area contributed by atoms with E-state index < -0.39 is 0 Å². The molecular formula is C10H15Br. The molecule has 0 aliphatic heterocycles. The van der Waals surface area contributed by atoms with Crippen LogP contribution >= 0.6 is 15.9 Å². The number of rotatable bonds is 1. The average Bonchev–Trinajstić information content (AvgIpc) is 1.88. The van der Waals surface area contributed by atoms with Gasteiger partial charge in [-0.05, 0) is 23.6 Å². The van der Waals surface area contributed by atoms with E-state index in [0.29, 0.717) is 5.92 Å². The van der Waals surface area contributed by atoms with Gasteiger partial charge in [-0.3, -0.25) is 0 Å². The van der Waals surface area contributed by atoms with Gasteiger partial charge in [0.25, 0.3) is 0 Å². The molecule has 0 heterocycles. The molecule has 11 heavy (non-hydrogen) atoms. The van der Waals surface area contributed by atoms with E-state index in [1.54, 1.807) is 0 Å². The summed E-state index contributed by atoms with van der Waals surface area (Å²) < 4.78 is 1.15. The van der Waals surface area contributed by atoms with Gasteiger partial charge >= 0.3 is 0 Å². The summed E-state index contributed by atoms with van der Waals surface area (Å²) in [6, 6.07) is 8.45. The third kappa shape index (κ3) is 3.06. The van der Waals surface area contributed by atoms with E-state index in [0.717, 1.165) is 4.47 Å². The molecule has 0 N–H and O–H groups in total. The van der Waals surface area contributed by atoms with Crippen molar-refractivity contribution >= 4 is 15.9 Å². The highest BCUT2D eigenvalue weighted by Gasteiger charge is 1.95. The van der Waals surface area contributed by atoms with Crippen LogP contribution in [0.25, 0.3) is 0 Å². The molecule has 62 valence electrons. The summed E-state index contributed by atoms with van der Waals surface area (Å²) in [6.45, 7) is 4.40. The minimum absolute atomic E-state index is 0. The molecule has 0 atom stereocenters. The van der Waals surface area contributed by atoms with Crippen LogP contribution in [0.1, 0.15) is 32.8 Å². The van der Waals surface area contributed by atoms with E-state index in [1.165, 1.54) is 5.56 Å². The maximum atomic E-state index is 3.39. The summed E-state index contributed by atoms with van der Waals surface area (Å²) in [4.78, 5) is 0. The molecule has 0 unspecified atom stereocenters. The van der Waals surface area contributed by atoms with Crippen molar-refractivity contribution in [2.75, 3.05) is 0 Å². The molecule has 1 aromatic carbocycles. The second-order valence-electron chi connectivity index (χ2n) is 2.71. The molecule has 0 saturated carbocycles. The molecule has 1 rings (SSSR count). The largest absolute Gasteiger partial charge is 0.0776 e. The summed E-state index contributed by atoms with van der Waals surface area (Å²) in [6.07, 6.45) is 0. The van der Waals surface area contributed by atoms with Gasteiger partial charge in [0.1, 0.15) is 0 Å². The Hall–Kier alpha value is -0.300. The van der Waals surface area contributed by atoms with Crippen LogP contribution in [-0.2, 0) is 0 Å². The van der Waals surface area contributed by atoms with Gasteiger partial charge < -0.3 is 0 Å². The van der Waals surface area contributed by atoms with E-state index in [9.17, 15) is 0 Å². The van der Waals surface area contributed by atoms with E-state index in [1.807, 2.05) is 0 Å². The fourth-order valence-electron chi connectivity index (χ4n) is 0.848. The molecule has 0 aliphatic rings. The van der Waals surface area contributed by atoms with Crippen LogP contribution in [0, 0.1) is 0 Å². The molecule has 1 aromatic rings. The van der Waals surface area contributed by atoms with Gasteiger partial charge in [0.15, 0.2) is 0 Å². The number of benzene rings is 1. The van der Waals surface area contributed by atoms with Crippen molar-refractivity contribution in [1.82, 2.24) is 0 Å². The predicted octanol–water partition coefficient (Wildman–Crippen LogP) is 4.21. The summed E-state index contributed by atoms with van der Waals surface area (Å²) >= 11 is 3.39.